The number of allylic oxidation sites excluding steroid dienone is 4. The van der Waals surface area contributed by atoms with Crippen molar-refractivity contribution in [2.45, 2.75) is 12.3 Å². The normalized spacial score (nSPS) is 13.2. The van der Waals surface area contributed by atoms with E-state index < -0.39 is 0 Å². The largest absolute Gasteiger partial charge is 0.269 e. The van der Waals surface area contributed by atoms with E-state index in [4.69, 9.17) is 0 Å². The molecule has 5 heteroatoms. The van der Waals surface area contributed by atoms with Crippen LogP contribution in [0.2, 0.25) is 0 Å². The number of rotatable bonds is 4. The van der Waals surface area contributed by atoms with E-state index in [1.54, 1.807) is 0 Å². The van der Waals surface area contributed by atoms with E-state index in [1.165, 1.54) is 17.3 Å². The van der Waals surface area contributed by atoms with Gasteiger partial charge in [0.1, 0.15) is 0 Å². The molecule has 1 aliphatic carbocycles. The molecule has 1 unspecified atom stereocenters. The van der Waals surface area contributed by atoms with Crippen LogP contribution in [-0.2, 0) is 21.7 Å². The predicted octanol–water partition coefficient (Wildman–Crippen LogP) is 5.46. The predicted molar refractivity (Wildman–Crippen MR) is 95.1 cm³/mol. The van der Waals surface area contributed by atoms with Crippen LogP contribution < -0.4 is 0 Å². The summed E-state index contributed by atoms with van der Waals surface area (Å²) in [7, 11) is 0.126. The Hall–Kier alpha value is 0.714. The van der Waals surface area contributed by atoms with Gasteiger partial charge in [0.05, 0.1) is 0 Å². The van der Waals surface area contributed by atoms with Crippen molar-refractivity contribution in [1.29, 1.82) is 0 Å². The van der Waals surface area contributed by atoms with Crippen molar-refractivity contribution in [1.82, 2.24) is 0 Å². The summed E-state index contributed by atoms with van der Waals surface area (Å²) in [5.74, 6) is 0.557. The second-order valence-electron chi connectivity index (χ2n) is 4.46. The zero-order valence-corrected chi connectivity index (χ0v) is 16.6. The van der Waals surface area contributed by atoms with Crippen LogP contribution in [0.25, 0.3) is 0 Å². The first-order valence-electron chi connectivity index (χ1n) is 5.74. The van der Waals surface area contributed by atoms with Crippen LogP contribution in [0.5, 0.6) is 0 Å². The zero-order chi connectivity index (χ0) is 11.4. The fourth-order valence-corrected chi connectivity index (χ4v) is 3.23. The molecular weight excluding hydrogens is 365 g/mol. The summed E-state index contributed by atoms with van der Waals surface area (Å²) in [5.41, 5.74) is 2.83. The van der Waals surface area contributed by atoms with Gasteiger partial charge in [0.25, 0.3) is 0 Å². The first kappa shape index (κ1) is 25.7. The molecular formula is C15H21Cl3PTi-. The van der Waals surface area contributed by atoms with Gasteiger partial charge in [0, 0.05) is 21.7 Å². The second kappa shape index (κ2) is 13.4. The van der Waals surface area contributed by atoms with Crippen molar-refractivity contribution in [2.75, 3.05) is 19.5 Å². The van der Waals surface area contributed by atoms with Gasteiger partial charge in [-0.1, -0.05) is 30.3 Å². The van der Waals surface area contributed by atoms with E-state index >= 15 is 0 Å². The summed E-state index contributed by atoms with van der Waals surface area (Å²) in [6.45, 7) is 4.70. The molecule has 0 nitrogen and oxygen atoms in total. The Morgan fingerprint density at radius 2 is 1.70 bits per heavy atom. The van der Waals surface area contributed by atoms with Crippen LogP contribution in [0.15, 0.2) is 48.1 Å². The van der Waals surface area contributed by atoms with Crippen molar-refractivity contribution >= 4 is 45.1 Å². The maximum atomic E-state index is 3.48. The van der Waals surface area contributed by atoms with Crippen LogP contribution in [0.3, 0.4) is 0 Å². The SMILES string of the molecule is CP(C)CC(C1=[C-]CC=C1)c1ccccc1.Cl.Cl.Cl.[Ti]. The Morgan fingerprint density at radius 1 is 1.10 bits per heavy atom. The number of benzene rings is 1. The molecule has 0 saturated heterocycles. The van der Waals surface area contributed by atoms with Crippen molar-refractivity contribution in [3.05, 3.63) is 59.7 Å². The molecule has 112 valence electrons. The van der Waals surface area contributed by atoms with Gasteiger partial charge in [-0.15, -0.1) is 51.6 Å². The Labute approximate surface area is 157 Å². The molecule has 0 heterocycles. The first-order valence-corrected chi connectivity index (χ1v) is 8.16. The van der Waals surface area contributed by atoms with Crippen LogP contribution in [0.4, 0.5) is 0 Å². The third-order valence-electron chi connectivity index (χ3n) is 2.85. The van der Waals surface area contributed by atoms with Gasteiger partial charge >= 0.3 is 0 Å². The monoisotopic (exact) mass is 385 g/mol. The Kier molecular flexibility index (Phi) is 17.2. The van der Waals surface area contributed by atoms with Crippen molar-refractivity contribution in [2.24, 2.45) is 0 Å². The van der Waals surface area contributed by atoms with Gasteiger partial charge in [-0.3, -0.25) is 6.08 Å². The number of hydrogen-bond donors (Lipinski definition) is 0. The molecule has 1 aliphatic rings. The smallest absolute Gasteiger partial charge is 0 e. The Morgan fingerprint density at radius 3 is 2.15 bits per heavy atom. The molecule has 0 aliphatic heterocycles. The minimum absolute atomic E-state index is 0. The van der Waals surface area contributed by atoms with Crippen LogP contribution in [-0.4, -0.2) is 19.5 Å². The van der Waals surface area contributed by atoms with Crippen LogP contribution in [0, 0.1) is 6.08 Å². The van der Waals surface area contributed by atoms with E-state index in [-0.39, 0.29) is 66.9 Å². The Balaban J connectivity index is -0.000000722. The van der Waals surface area contributed by atoms with Crippen molar-refractivity contribution < 1.29 is 21.7 Å². The van der Waals surface area contributed by atoms with E-state index in [0.29, 0.717) is 5.92 Å². The van der Waals surface area contributed by atoms with Gasteiger partial charge in [-0.2, -0.15) is 6.08 Å². The maximum Gasteiger partial charge on any atom is 0 e. The van der Waals surface area contributed by atoms with Gasteiger partial charge < -0.3 is 0 Å². The molecule has 1 aromatic rings. The van der Waals surface area contributed by atoms with E-state index in [1.807, 2.05) is 0 Å². The molecule has 1 aromatic carbocycles. The molecule has 2 rings (SSSR count). The summed E-state index contributed by atoms with van der Waals surface area (Å²) >= 11 is 0. The summed E-state index contributed by atoms with van der Waals surface area (Å²) < 4.78 is 0. The van der Waals surface area contributed by atoms with E-state index in [2.05, 4.69) is 61.9 Å². The molecule has 0 aromatic heterocycles. The van der Waals surface area contributed by atoms with E-state index in [0.717, 1.165) is 6.42 Å². The molecule has 0 saturated carbocycles. The Bertz CT molecular complexity index is 405. The fraction of sp³-hybridized carbons (Fsp3) is 0.333. The topological polar surface area (TPSA) is 0 Å². The molecule has 0 bridgehead atoms. The third-order valence-corrected chi connectivity index (χ3v) is 3.94. The molecule has 0 N–H and O–H groups in total. The fourth-order valence-electron chi connectivity index (χ4n) is 2.09. The average molecular weight is 387 g/mol. The molecule has 0 amide bonds. The number of halogens is 3. The molecule has 0 fully saturated rings. The standard InChI is InChI=1S/C15H18P.3ClH.Ti/c1-16(2)12-15(14-10-6-7-11-14)13-8-4-3-5-9-13;;;;/h3-6,8-10,15H,7,12H2,1-2H3;3*1H;/q-1;;;;. The summed E-state index contributed by atoms with van der Waals surface area (Å²) in [4.78, 5) is 0. The van der Waals surface area contributed by atoms with Gasteiger partial charge in [-0.25, -0.2) is 11.6 Å². The summed E-state index contributed by atoms with van der Waals surface area (Å²) in [6, 6.07) is 10.8. The quantitative estimate of drug-likeness (QED) is 0.366. The van der Waals surface area contributed by atoms with Crippen LogP contribution in [0.1, 0.15) is 17.9 Å². The molecule has 0 radical (unpaired) electrons. The maximum absolute atomic E-state index is 3.48. The molecule has 1 atom stereocenters. The number of hydrogen-bond acceptors (Lipinski definition) is 0. The summed E-state index contributed by atoms with van der Waals surface area (Å²) in [6.07, 6.45) is 10.2. The molecule has 0 spiro atoms. The van der Waals surface area contributed by atoms with Crippen molar-refractivity contribution in [3.8, 4) is 0 Å². The molecule has 20 heavy (non-hydrogen) atoms. The van der Waals surface area contributed by atoms with Gasteiger partial charge in [0.2, 0.25) is 0 Å². The second-order valence-corrected chi connectivity index (χ2v) is 6.99. The first-order chi connectivity index (χ1) is 7.77. The van der Waals surface area contributed by atoms with Gasteiger partial charge in [-0.05, 0) is 31.0 Å². The third kappa shape index (κ3) is 7.65. The van der Waals surface area contributed by atoms with Crippen molar-refractivity contribution in [3.63, 3.8) is 0 Å². The minimum atomic E-state index is 0. The van der Waals surface area contributed by atoms with Gasteiger partial charge in [0.15, 0.2) is 0 Å². The van der Waals surface area contributed by atoms with E-state index in [9.17, 15) is 0 Å². The van der Waals surface area contributed by atoms with Crippen LogP contribution >= 0.6 is 45.1 Å². The minimum Gasteiger partial charge on any atom is -0.269 e. The zero-order valence-electron chi connectivity index (χ0n) is 11.7. The summed E-state index contributed by atoms with van der Waals surface area (Å²) in [5, 5.41) is 0. The average Bonchev–Trinajstić information content (AvgIpc) is 2.80.